The minimum Gasteiger partial charge on any atom is -0.457 e. The monoisotopic (exact) mass is 487 g/mol. The molecule has 0 unspecified atom stereocenters. The summed E-state index contributed by atoms with van der Waals surface area (Å²) in [4.78, 5) is 31.4. The van der Waals surface area contributed by atoms with Crippen molar-refractivity contribution in [1.29, 1.82) is 0 Å². The summed E-state index contributed by atoms with van der Waals surface area (Å²) < 4.78 is 6.03. The first-order valence-electron chi connectivity index (χ1n) is 11.7. The van der Waals surface area contributed by atoms with Crippen LogP contribution < -0.4 is 0 Å². The fraction of sp³-hybridized carbons (Fsp3) is 0.259. The Morgan fingerprint density at radius 2 is 1.86 bits per heavy atom. The lowest BCUT2D eigenvalue weighted by molar-refractivity contribution is -0.384. The van der Waals surface area contributed by atoms with E-state index in [9.17, 15) is 14.9 Å². The van der Waals surface area contributed by atoms with E-state index >= 15 is 0 Å². The molecule has 2 fully saturated rings. The first-order valence-corrected chi connectivity index (χ1v) is 12.5. The Kier molecular flexibility index (Phi) is 6.55. The van der Waals surface area contributed by atoms with Gasteiger partial charge in [-0.3, -0.25) is 19.8 Å². The van der Waals surface area contributed by atoms with E-state index in [1.807, 2.05) is 54.3 Å². The van der Waals surface area contributed by atoms with Crippen LogP contribution >= 0.6 is 11.8 Å². The number of nitro benzene ring substituents is 1. The van der Waals surface area contributed by atoms with E-state index in [2.05, 4.69) is 0 Å². The van der Waals surface area contributed by atoms with Crippen molar-refractivity contribution in [2.45, 2.75) is 45.1 Å². The summed E-state index contributed by atoms with van der Waals surface area (Å²) in [5, 5.41) is 11.7. The van der Waals surface area contributed by atoms with E-state index < -0.39 is 4.92 Å². The molecule has 178 valence electrons. The lowest BCUT2D eigenvalue weighted by atomic mass is 9.94. The Morgan fingerprint density at radius 3 is 2.57 bits per heavy atom. The van der Waals surface area contributed by atoms with Gasteiger partial charge < -0.3 is 4.42 Å². The van der Waals surface area contributed by atoms with Gasteiger partial charge in [0.2, 0.25) is 0 Å². The van der Waals surface area contributed by atoms with Crippen LogP contribution in [0.5, 0.6) is 0 Å². The molecule has 0 spiro atoms. The topological polar surface area (TPSA) is 89.0 Å². The number of thioether (sulfide) groups is 1. The minimum absolute atomic E-state index is 0.0407. The number of amides is 1. The third-order valence-corrected chi connectivity index (χ3v) is 7.33. The van der Waals surface area contributed by atoms with Crippen LogP contribution in [0.2, 0.25) is 0 Å². The van der Waals surface area contributed by atoms with Crippen LogP contribution in [0, 0.1) is 17.0 Å². The maximum atomic E-state index is 13.5. The number of non-ortho nitro benzene ring substituents is 1. The average Bonchev–Trinajstić information content (AvgIpc) is 3.44. The number of para-hydroxylation sites is 1. The second kappa shape index (κ2) is 9.92. The van der Waals surface area contributed by atoms with E-state index in [1.54, 1.807) is 12.1 Å². The highest BCUT2D eigenvalue weighted by Gasteiger charge is 2.38. The second-order valence-corrected chi connectivity index (χ2v) is 9.78. The maximum Gasteiger partial charge on any atom is 0.269 e. The number of hydrogen-bond donors (Lipinski definition) is 0. The number of nitro groups is 1. The predicted molar refractivity (Wildman–Crippen MR) is 138 cm³/mol. The minimum atomic E-state index is -0.412. The molecule has 0 radical (unpaired) electrons. The summed E-state index contributed by atoms with van der Waals surface area (Å²) in [5.74, 6) is 1.11. The number of nitrogens with zero attached hydrogens (tertiary/aromatic N) is 3. The van der Waals surface area contributed by atoms with E-state index in [1.165, 1.54) is 30.3 Å². The molecule has 35 heavy (non-hydrogen) atoms. The molecule has 2 aromatic carbocycles. The van der Waals surface area contributed by atoms with Crippen LogP contribution in [0.1, 0.15) is 43.4 Å². The SMILES string of the molecule is Cc1cc([N+](=O)[O-])ccc1-c1ccc(/C=C2\SC(=Nc3ccccc3)N(C3CCCCC3)C2=O)o1. The molecule has 1 aromatic heterocycles. The highest BCUT2D eigenvalue weighted by atomic mass is 32.2. The standard InChI is InChI=1S/C27H25N3O4S/c1-18-16-21(30(32)33)12-14-23(18)24-15-13-22(34-24)17-25-26(31)29(20-10-6-3-7-11-20)27(35-25)28-19-8-4-2-5-9-19/h2,4-5,8-9,12-17,20H,3,6-7,10-11H2,1H3/b25-17-,28-27?. The lowest BCUT2D eigenvalue weighted by Crippen LogP contribution is -2.40. The fourth-order valence-electron chi connectivity index (χ4n) is 4.58. The van der Waals surface area contributed by atoms with Crippen LogP contribution in [-0.4, -0.2) is 26.9 Å². The van der Waals surface area contributed by atoms with Gasteiger partial charge in [-0.1, -0.05) is 37.5 Å². The van der Waals surface area contributed by atoms with Crippen molar-refractivity contribution in [3.05, 3.63) is 87.0 Å². The zero-order valence-electron chi connectivity index (χ0n) is 19.3. The Morgan fingerprint density at radius 1 is 1.09 bits per heavy atom. The molecular weight excluding hydrogens is 462 g/mol. The Labute approximate surface area is 207 Å². The van der Waals surface area contributed by atoms with Crippen molar-refractivity contribution in [3.8, 4) is 11.3 Å². The van der Waals surface area contributed by atoms with E-state index in [4.69, 9.17) is 9.41 Å². The summed E-state index contributed by atoms with van der Waals surface area (Å²) in [6.45, 7) is 1.81. The Bertz CT molecular complexity index is 1320. The molecule has 7 nitrogen and oxygen atoms in total. The van der Waals surface area contributed by atoms with Crippen molar-refractivity contribution in [3.63, 3.8) is 0 Å². The largest absolute Gasteiger partial charge is 0.457 e. The molecule has 2 aliphatic rings. The van der Waals surface area contributed by atoms with Crippen LogP contribution in [0.15, 0.2) is 75.0 Å². The van der Waals surface area contributed by atoms with Crippen molar-refractivity contribution < 1.29 is 14.1 Å². The van der Waals surface area contributed by atoms with Gasteiger partial charge in [0.25, 0.3) is 11.6 Å². The normalized spacial score (nSPS) is 19.1. The molecule has 0 bridgehead atoms. The molecule has 2 heterocycles. The molecule has 1 aliphatic heterocycles. The molecule has 1 saturated heterocycles. The highest BCUT2D eigenvalue weighted by Crippen LogP contribution is 2.39. The zero-order chi connectivity index (χ0) is 24.4. The van der Waals surface area contributed by atoms with Gasteiger partial charge in [0, 0.05) is 29.8 Å². The summed E-state index contributed by atoms with van der Waals surface area (Å²) >= 11 is 1.38. The first kappa shape index (κ1) is 23.1. The van der Waals surface area contributed by atoms with Crippen LogP contribution in [0.25, 0.3) is 17.4 Å². The quantitative estimate of drug-likeness (QED) is 0.217. The predicted octanol–water partition coefficient (Wildman–Crippen LogP) is 7.10. The van der Waals surface area contributed by atoms with Crippen molar-refractivity contribution in [2.75, 3.05) is 0 Å². The summed E-state index contributed by atoms with van der Waals surface area (Å²) in [7, 11) is 0. The number of carbonyl (C=O) groups is 1. The number of hydrogen-bond acceptors (Lipinski definition) is 6. The Hall–Kier alpha value is -3.65. The first-order chi connectivity index (χ1) is 17.0. The summed E-state index contributed by atoms with van der Waals surface area (Å²) in [5.41, 5.74) is 2.39. The maximum absolute atomic E-state index is 13.5. The summed E-state index contributed by atoms with van der Waals surface area (Å²) in [6.07, 6.45) is 7.17. The van der Waals surface area contributed by atoms with Gasteiger partial charge >= 0.3 is 0 Å². The van der Waals surface area contributed by atoms with Gasteiger partial charge in [-0.2, -0.15) is 0 Å². The van der Waals surface area contributed by atoms with Gasteiger partial charge in [0.15, 0.2) is 5.17 Å². The van der Waals surface area contributed by atoms with Crippen LogP contribution in [-0.2, 0) is 4.79 Å². The molecular formula is C27H25N3O4S. The molecule has 0 atom stereocenters. The third-order valence-electron chi connectivity index (χ3n) is 6.34. The number of amidine groups is 1. The number of benzene rings is 2. The van der Waals surface area contributed by atoms with Gasteiger partial charge in [-0.15, -0.1) is 0 Å². The molecule has 5 rings (SSSR count). The number of rotatable bonds is 5. The number of carbonyl (C=O) groups excluding carboxylic acids is 1. The molecule has 8 heteroatoms. The number of aliphatic imine (C=N–C) groups is 1. The Balaban J connectivity index is 1.45. The fourth-order valence-corrected chi connectivity index (χ4v) is 5.62. The average molecular weight is 488 g/mol. The summed E-state index contributed by atoms with van der Waals surface area (Å²) in [6, 6.07) is 18.2. The molecule has 3 aromatic rings. The van der Waals surface area contributed by atoms with Crippen molar-refractivity contribution in [1.82, 2.24) is 4.90 Å². The molecule has 1 saturated carbocycles. The lowest BCUT2D eigenvalue weighted by Gasteiger charge is -2.30. The second-order valence-electron chi connectivity index (χ2n) is 8.77. The molecule has 1 aliphatic carbocycles. The van der Waals surface area contributed by atoms with E-state index in [0.29, 0.717) is 21.6 Å². The molecule has 1 amide bonds. The van der Waals surface area contributed by atoms with Gasteiger partial charge in [0.05, 0.1) is 15.5 Å². The van der Waals surface area contributed by atoms with Crippen LogP contribution in [0.3, 0.4) is 0 Å². The van der Waals surface area contributed by atoms with Crippen LogP contribution in [0.4, 0.5) is 11.4 Å². The number of furan rings is 1. The highest BCUT2D eigenvalue weighted by molar-refractivity contribution is 8.18. The zero-order valence-corrected chi connectivity index (χ0v) is 20.2. The van der Waals surface area contributed by atoms with E-state index in [-0.39, 0.29) is 17.6 Å². The van der Waals surface area contributed by atoms with E-state index in [0.717, 1.165) is 42.5 Å². The van der Waals surface area contributed by atoms with Gasteiger partial charge in [-0.25, -0.2) is 4.99 Å². The number of aryl methyl sites for hydroxylation is 1. The van der Waals surface area contributed by atoms with Crippen molar-refractivity contribution in [2.24, 2.45) is 4.99 Å². The smallest absolute Gasteiger partial charge is 0.269 e. The molecule has 0 N–H and O–H groups in total. The third kappa shape index (κ3) is 4.93. The van der Waals surface area contributed by atoms with Gasteiger partial charge in [0.1, 0.15) is 11.5 Å². The van der Waals surface area contributed by atoms with Gasteiger partial charge in [-0.05, 0) is 67.4 Å². The van der Waals surface area contributed by atoms with Crippen molar-refractivity contribution >= 4 is 40.3 Å².